The largest absolute Gasteiger partial charge is 0.356 e. The number of hydrogen-bond donors (Lipinski definition) is 1. The molecule has 0 saturated carbocycles. The Morgan fingerprint density at radius 2 is 1.40 bits per heavy atom. The number of hydrogen-bond acceptors (Lipinski definition) is 1. The standard InChI is InChI=1S/C13H12BrN/c14-10-11-6-8-13(9-7-11)15-12-4-2-1-3-5-12/h1-9,15H,10H2. The quantitative estimate of drug-likeness (QED) is 0.812. The number of halogens is 1. The minimum Gasteiger partial charge on any atom is -0.356 e. The molecule has 0 atom stereocenters. The Morgan fingerprint density at radius 1 is 0.800 bits per heavy atom. The number of para-hydroxylation sites is 1. The summed E-state index contributed by atoms with van der Waals surface area (Å²) < 4.78 is 0. The summed E-state index contributed by atoms with van der Waals surface area (Å²) in [5, 5.41) is 4.24. The fourth-order valence-corrected chi connectivity index (χ4v) is 1.74. The van der Waals surface area contributed by atoms with Crippen molar-refractivity contribution in [3.8, 4) is 0 Å². The first-order valence-electron chi connectivity index (χ1n) is 4.85. The molecular formula is C13H12BrN. The normalized spacial score (nSPS) is 9.93. The highest BCUT2D eigenvalue weighted by Crippen LogP contribution is 2.17. The van der Waals surface area contributed by atoms with E-state index < -0.39 is 0 Å². The molecule has 0 fully saturated rings. The second-order valence-electron chi connectivity index (χ2n) is 3.32. The number of nitrogens with one attached hydrogen (secondary N) is 1. The van der Waals surface area contributed by atoms with Crippen LogP contribution in [0.25, 0.3) is 0 Å². The van der Waals surface area contributed by atoms with Crippen LogP contribution in [0, 0.1) is 0 Å². The molecule has 0 aromatic heterocycles. The predicted molar refractivity (Wildman–Crippen MR) is 68.8 cm³/mol. The molecule has 0 bridgehead atoms. The third-order valence-electron chi connectivity index (χ3n) is 2.17. The molecular weight excluding hydrogens is 250 g/mol. The molecule has 1 N–H and O–H groups in total. The third-order valence-corrected chi connectivity index (χ3v) is 2.82. The van der Waals surface area contributed by atoms with Gasteiger partial charge in [0, 0.05) is 16.7 Å². The maximum absolute atomic E-state index is 3.43. The molecule has 0 radical (unpaired) electrons. The van der Waals surface area contributed by atoms with Crippen LogP contribution in [0.15, 0.2) is 54.6 Å². The van der Waals surface area contributed by atoms with Crippen LogP contribution in [0.3, 0.4) is 0 Å². The number of benzene rings is 2. The monoisotopic (exact) mass is 261 g/mol. The highest BCUT2D eigenvalue weighted by Gasteiger charge is 1.93. The maximum atomic E-state index is 3.43. The zero-order valence-corrected chi connectivity index (χ0v) is 9.87. The van der Waals surface area contributed by atoms with E-state index in [1.54, 1.807) is 0 Å². The smallest absolute Gasteiger partial charge is 0.0384 e. The molecule has 0 amide bonds. The van der Waals surface area contributed by atoms with Gasteiger partial charge in [0.15, 0.2) is 0 Å². The van der Waals surface area contributed by atoms with Gasteiger partial charge in [-0.05, 0) is 29.8 Å². The molecule has 2 aromatic rings. The van der Waals surface area contributed by atoms with Gasteiger partial charge in [-0.1, -0.05) is 46.3 Å². The Balaban J connectivity index is 2.11. The molecule has 0 spiro atoms. The lowest BCUT2D eigenvalue weighted by Gasteiger charge is -2.06. The van der Waals surface area contributed by atoms with Crippen LogP contribution in [-0.2, 0) is 5.33 Å². The number of rotatable bonds is 3. The molecule has 2 rings (SSSR count). The van der Waals surface area contributed by atoms with E-state index in [2.05, 4.69) is 57.6 Å². The maximum Gasteiger partial charge on any atom is 0.0384 e. The van der Waals surface area contributed by atoms with Crippen LogP contribution in [0.2, 0.25) is 0 Å². The van der Waals surface area contributed by atoms with Gasteiger partial charge >= 0.3 is 0 Å². The van der Waals surface area contributed by atoms with Crippen molar-refractivity contribution in [2.45, 2.75) is 5.33 Å². The summed E-state index contributed by atoms with van der Waals surface area (Å²) in [6.07, 6.45) is 0. The molecule has 0 aliphatic rings. The van der Waals surface area contributed by atoms with Crippen molar-refractivity contribution in [2.24, 2.45) is 0 Å². The fourth-order valence-electron chi connectivity index (χ4n) is 1.37. The van der Waals surface area contributed by atoms with E-state index in [9.17, 15) is 0 Å². The van der Waals surface area contributed by atoms with Gasteiger partial charge in [0.05, 0.1) is 0 Å². The minimum atomic E-state index is 0.901. The SMILES string of the molecule is BrCc1ccc(Nc2ccccc2)cc1. The van der Waals surface area contributed by atoms with Crippen molar-refractivity contribution in [1.82, 2.24) is 0 Å². The Labute approximate surface area is 98.3 Å². The van der Waals surface area contributed by atoms with E-state index in [-0.39, 0.29) is 0 Å². The zero-order chi connectivity index (χ0) is 10.5. The van der Waals surface area contributed by atoms with E-state index in [1.807, 2.05) is 18.2 Å². The molecule has 0 heterocycles. The molecule has 0 unspecified atom stereocenters. The van der Waals surface area contributed by atoms with Crippen LogP contribution in [0.5, 0.6) is 0 Å². The van der Waals surface area contributed by atoms with Gasteiger partial charge < -0.3 is 5.32 Å². The van der Waals surface area contributed by atoms with Crippen molar-refractivity contribution >= 4 is 27.3 Å². The first-order chi connectivity index (χ1) is 7.38. The van der Waals surface area contributed by atoms with Crippen LogP contribution >= 0.6 is 15.9 Å². The summed E-state index contributed by atoms with van der Waals surface area (Å²) >= 11 is 3.43. The first kappa shape index (κ1) is 10.2. The molecule has 15 heavy (non-hydrogen) atoms. The molecule has 2 heteroatoms. The van der Waals surface area contributed by atoms with E-state index in [0.29, 0.717) is 0 Å². The lowest BCUT2D eigenvalue weighted by atomic mass is 10.2. The van der Waals surface area contributed by atoms with Crippen LogP contribution in [0.1, 0.15) is 5.56 Å². The summed E-state index contributed by atoms with van der Waals surface area (Å²) in [5.41, 5.74) is 3.52. The van der Waals surface area contributed by atoms with Crippen molar-refractivity contribution in [3.63, 3.8) is 0 Å². The summed E-state index contributed by atoms with van der Waals surface area (Å²) in [5.74, 6) is 0. The van der Waals surface area contributed by atoms with Gasteiger partial charge in [0.1, 0.15) is 0 Å². The van der Waals surface area contributed by atoms with Crippen LogP contribution in [-0.4, -0.2) is 0 Å². The Kier molecular flexibility index (Phi) is 3.41. The van der Waals surface area contributed by atoms with Gasteiger partial charge in [-0.15, -0.1) is 0 Å². The zero-order valence-electron chi connectivity index (χ0n) is 8.28. The lowest BCUT2D eigenvalue weighted by Crippen LogP contribution is -1.89. The topological polar surface area (TPSA) is 12.0 Å². The average Bonchev–Trinajstić information content (AvgIpc) is 2.31. The fraction of sp³-hybridized carbons (Fsp3) is 0.0769. The van der Waals surface area contributed by atoms with E-state index in [1.165, 1.54) is 5.56 Å². The second kappa shape index (κ2) is 4.99. The summed E-state index contributed by atoms with van der Waals surface area (Å²) in [6.45, 7) is 0. The Hall–Kier alpha value is -1.28. The molecule has 1 nitrogen and oxygen atoms in total. The van der Waals surface area contributed by atoms with Gasteiger partial charge in [-0.3, -0.25) is 0 Å². The summed E-state index contributed by atoms with van der Waals surface area (Å²) in [7, 11) is 0. The van der Waals surface area contributed by atoms with E-state index >= 15 is 0 Å². The molecule has 0 aliphatic carbocycles. The average molecular weight is 262 g/mol. The summed E-state index contributed by atoms with van der Waals surface area (Å²) in [6, 6.07) is 18.6. The highest BCUT2D eigenvalue weighted by atomic mass is 79.9. The number of alkyl halides is 1. The lowest BCUT2D eigenvalue weighted by molar-refractivity contribution is 1.43. The molecule has 0 aliphatic heterocycles. The Bertz CT molecular complexity index is 408. The predicted octanol–water partition coefficient (Wildman–Crippen LogP) is 4.33. The van der Waals surface area contributed by atoms with Crippen molar-refractivity contribution < 1.29 is 0 Å². The van der Waals surface area contributed by atoms with Crippen LogP contribution < -0.4 is 5.32 Å². The van der Waals surface area contributed by atoms with Crippen molar-refractivity contribution in [1.29, 1.82) is 0 Å². The second-order valence-corrected chi connectivity index (χ2v) is 3.88. The first-order valence-corrected chi connectivity index (χ1v) is 5.97. The van der Waals surface area contributed by atoms with Gasteiger partial charge in [-0.25, -0.2) is 0 Å². The highest BCUT2D eigenvalue weighted by molar-refractivity contribution is 9.08. The van der Waals surface area contributed by atoms with Crippen LogP contribution in [0.4, 0.5) is 11.4 Å². The van der Waals surface area contributed by atoms with Gasteiger partial charge in [-0.2, -0.15) is 0 Å². The summed E-state index contributed by atoms with van der Waals surface area (Å²) in [4.78, 5) is 0. The molecule has 0 saturated heterocycles. The van der Waals surface area contributed by atoms with Gasteiger partial charge in [0.25, 0.3) is 0 Å². The molecule has 76 valence electrons. The Morgan fingerprint density at radius 3 is 2.00 bits per heavy atom. The molecule has 2 aromatic carbocycles. The van der Waals surface area contributed by atoms with E-state index in [4.69, 9.17) is 0 Å². The minimum absolute atomic E-state index is 0.901. The number of anilines is 2. The van der Waals surface area contributed by atoms with Crippen molar-refractivity contribution in [3.05, 3.63) is 60.2 Å². The third kappa shape index (κ3) is 2.83. The van der Waals surface area contributed by atoms with Gasteiger partial charge in [0.2, 0.25) is 0 Å². The van der Waals surface area contributed by atoms with Crippen molar-refractivity contribution in [2.75, 3.05) is 5.32 Å². The van der Waals surface area contributed by atoms with E-state index in [0.717, 1.165) is 16.7 Å².